The van der Waals surface area contributed by atoms with Crippen molar-refractivity contribution in [1.29, 1.82) is 0 Å². The van der Waals surface area contributed by atoms with Crippen LogP contribution in [0.3, 0.4) is 0 Å². The van der Waals surface area contributed by atoms with E-state index < -0.39 is 11.8 Å². The second-order valence-corrected chi connectivity index (χ2v) is 4.91. The molecule has 0 bridgehead atoms. The minimum atomic E-state index is -0.881. The van der Waals surface area contributed by atoms with E-state index >= 15 is 0 Å². The number of hydrogen-bond donors (Lipinski definition) is 3. The highest BCUT2D eigenvalue weighted by molar-refractivity contribution is 6.35. The molecule has 0 aliphatic heterocycles. The number of carbonyl (C=O) groups is 3. The maximum absolute atomic E-state index is 11.5. The average molecular weight is 300 g/mol. The third-order valence-electron chi connectivity index (χ3n) is 2.27. The van der Waals surface area contributed by atoms with Crippen molar-refractivity contribution in [2.45, 2.75) is 27.2 Å². The van der Waals surface area contributed by atoms with Gasteiger partial charge in [-0.05, 0) is 12.8 Å². The van der Waals surface area contributed by atoms with Crippen molar-refractivity contribution in [2.75, 3.05) is 26.8 Å². The number of amides is 3. The van der Waals surface area contributed by atoms with Crippen LogP contribution in [-0.4, -0.2) is 50.2 Å². The maximum Gasteiger partial charge on any atom is 0.329 e. The highest BCUT2D eigenvalue weighted by Crippen LogP contribution is 1.90. The molecule has 0 saturated heterocycles. The molecule has 8 nitrogen and oxygen atoms in total. The number of hydrogen-bond acceptors (Lipinski definition) is 5. The van der Waals surface area contributed by atoms with E-state index in [2.05, 4.69) is 21.2 Å². The minimum Gasteiger partial charge on any atom is -0.383 e. The second-order valence-electron chi connectivity index (χ2n) is 4.91. The first-order valence-corrected chi connectivity index (χ1v) is 6.73. The summed E-state index contributed by atoms with van der Waals surface area (Å²) in [6, 6.07) is 0. The van der Waals surface area contributed by atoms with Crippen LogP contribution in [-0.2, 0) is 19.1 Å². The number of rotatable bonds is 8. The number of ether oxygens (including phenoxy) is 1. The first kappa shape index (κ1) is 19.0. The summed E-state index contributed by atoms with van der Waals surface area (Å²) in [6.07, 6.45) is 0.0678. The quantitative estimate of drug-likeness (QED) is 0.241. The van der Waals surface area contributed by atoms with E-state index in [9.17, 15) is 14.4 Å². The number of carbonyl (C=O) groups excluding carboxylic acids is 3. The predicted octanol–water partition coefficient (Wildman–Crippen LogP) is -0.597. The minimum absolute atomic E-state index is 0.0678. The molecule has 8 heteroatoms. The molecule has 0 aromatic carbocycles. The molecule has 0 radical (unpaired) electrons. The summed E-state index contributed by atoms with van der Waals surface area (Å²) in [5.41, 5.74) is 2.51. The Morgan fingerprint density at radius 3 is 2.38 bits per heavy atom. The van der Waals surface area contributed by atoms with Gasteiger partial charge in [-0.15, -0.1) is 0 Å². The van der Waals surface area contributed by atoms with Crippen molar-refractivity contribution >= 4 is 23.4 Å². The summed E-state index contributed by atoms with van der Waals surface area (Å²) < 4.78 is 4.74. The van der Waals surface area contributed by atoms with Crippen LogP contribution in [0.25, 0.3) is 0 Å². The fraction of sp³-hybridized carbons (Fsp3) is 0.692. The lowest BCUT2D eigenvalue weighted by Crippen LogP contribution is -2.39. The van der Waals surface area contributed by atoms with Gasteiger partial charge in [-0.3, -0.25) is 14.4 Å². The van der Waals surface area contributed by atoms with E-state index in [0.29, 0.717) is 24.8 Å². The van der Waals surface area contributed by atoms with E-state index in [1.807, 2.05) is 13.8 Å². The van der Waals surface area contributed by atoms with Crippen LogP contribution in [0.5, 0.6) is 0 Å². The summed E-state index contributed by atoms with van der Waals surface area (Å²) in [6.45, 7) is 6.71. The summed E-state index contributed by atoms with van der Waals surface area (Å²) in [5, 5.41) is 8.79. The SMILES string of the molecule is COCCNC(=O)C(=O)NN=C(C)CC(=O)NCC(C)C. The van der Waals surface area contributed by atoms with Gasteiger partial charge in [-0.2, -0.15) is 5.10 Å². The average Bonchev–Trinajstić information content (AvgIpc) is 2.42. The largest absolute Gasteiger partial charge is 0.383 e. The molecule has 0 aromatic rings. The lowest BCUT2D eigenvalue weighted by atomic mass is 10.2. The van der Waals surface area contributed by atoms with Crippen molar-refractivity contribution in [3.05, 3.63) is 0 Å². The van der Waals surface area contributed by atoms with Gasteiger partial charge in [0.1, 0.15) is 0 Å². The Kier molecular flexibility index (Phi) is 9.78. The maximum atomic E-state index is 11.5. The molecule has 0 aliphatic carbocycles. The summed E-state index contributed by atoms with van der Waals surface area (Å²) in [7, 11) is 1.49. The topological polar surface area (TPSA) is 109 Å². The molecule has 0 unspecified atom stereocenters. The molecule has 3 amide bonds. The standard InChI is InChI=1S/C13H24N4O4/c1-9(2)8-15-11(18)7-10(3)16-17-13(20)12(19)14-5-6-21-4/h9H,5-8H2,1-4H3,(H,14,19)(H,15,18)(H,17,20). The Balaban J connectivity index is 4.06. The van der Waals surface area contributed by atoms with E-state index in [-0.39, 0.29) is 18.9 Å². The van der Waals surface area contributed by atoms with Crippen LogP contribution in [0.4, 0.5) is 0 Å². The molecule has 0 rings (SSSR count). The Hall–Kier alpha value is -1.96. The summed E-state index contributed by atoms with van der Waals surface area (Å²) in [4.78, 5) is 34.2. The Morgan fingerprint density at radius 1 is 1.14 bits per heavy atom. The zero-order valence-corrected chi connectivity index (χ0v) is 13.0. The van der Waals surface area contributed by atoms with Crippen LogP contribution in [0.1, 0.15) is 27.2 Å². The monoisotopic (exact) mass is 300 g/mol. The van der Waals surface area contributed by atoms with Crippen molar-refractivity contribution in [1.82, 2.24) is 16.1 Å². The molecule has 0 fully saturated rings. The smallest absolute Gasteiger partial charge is 0.329 e. The molecule has 21 heavy (non-hydrogen) atoms. The Morgan fingerprint density at radius 2 is 1.81 bits per heavy atom. The highest BCUT2D eigenvalue weighted by atomic mass is 16.5. The number of nitrogens with zero attached hydrogens (tertiary/aromatic N) is 1. The zero-order valence-electron chi connectivity index (χ0n) is 13.0. The second kappa shape index (κ2) is 10.8. The van der Waals surface area contributed by atoms with Crippen LogP contribution < -0.4 is 16.1 Å². The van der Waals surface area contributed by atoms with Crippen molar-refractivity contribution in [3.8, 4) is 0 Å². The van der Waals surface area contributed by atoms with Gasteiger partial charge in [0.2, 0.25) is 5.91 Å². The number of hydrazone groups is 1. The Bertz CT molecular complexity index is 394. The van der Waals surface area contributed by atoms with Crippen molar-refractivity contribution in [2.24, 2.45) is 11.0 Å². The number of nitrogens with one attached hydrogen (secondary N) is 3. The fourth-order valence-corrected chi connectivity index (χ4v) is 1.20. The van der Waals surface area contributed by atoms with E-state index in [1.165, 1.54) is 7.11 Å². The van der Waals surface area contributed by atoms with Gasteiger partial charge >= 0.3 is 11.8 Å². The van der Waals surface area contributed by atoms with Gasteiger partial charge in [-0.1, -0.05) is 13.8 Å². The van der Waals surface area contributed by atoms with Crippen LogP contribution in [0, 0.1) is 5.92 Å². The molecule has 120 valence electrons. The first-order chi connectivity index (χ1) is 9.86. The summed E-state index contributed by atoms with van der Waals surface area (Å²) in [5.74, 6) is -1.49. The highest BCUT2D eigenvalue weighted by Gasteiger charge is 2.12. The van der Waals surface area contributed by atoms with E-state index in [1.54, 1.807) is 6.92 Å². The van der Waals surface area contributed by atoms with E-state index in [4.69, 9.17) is 4.74 Å². The van der Waals surface area contributed by atoms with Crippen molar-refractivity contribution in [3.63, 3.8) is 0 Å². The number of methoxy groups -OCH3 is 1. The van der Waals surface area contributed by atoms with Gasteiger partial charge in [0.25, 0.3) is 0 Å². The van der Waals surface area contributed by atoms with Gasteiger partial charge in [0.05, 0.1) is 13.0 Å². The first-order valence-electron chi connectivity index (χ1n) is 6.73. The van der Waals surface area contributed by atoms with Crippen LogP contribution in [0.2, 0.25) is 0 Å². The molecular formula is C13H24N4O4. The lowest BCUT2D eigenvalue weighted by molar-refractivity contribution is -0.139. The fourth-order valence-electron chi connectivity index (χ4n) is 1.20. The molecule has 0 aliphatic rings. The molecular weight excluding hydrogens is 276 g/mol. The Labute approximate surface area is 124 Å². The molecule has 0 aromatic heterocycles. The summed E-state index contributed by atoms with van der Waals surface area (Å²) >= 11 is 0. The molecule has 3 N–H and O–H groups in total. The van der Waals surface area contributed by atoms with E-state index in [0.717, 1.165) is 0 Å². The van der Waals surface area contributed by atoms with Crippen LogP contribution in [0.15, 0.2) is 5.10 Å². The molecule has 0 heterocycles. The lowest BCUT2D eigenvalue weighted by Gasteiger charge is -2.07. The van der Waals surface area contributed by atoms with Gasteiger partial charge < -0.3 is 15.4 Å². The third kappa shape index (κ3) is 10.5. The third-order valence-corrected chi connectivity index (χ3v) is 2.27. The normalized spacial score (nSPS) is 11.2. The molecule has 0 spiro atoms. The molecule has 0 saturated carbocycles. The van der Waals surface area contributed by atoms with Gasteiger partial charge in [-0.25, -0.2) is 5.43 Å². The molecule has 0 atom stereocenters. The van der Waals surface area contributed by atoms with Crippen molar-refractivity contribution < 1.29 is 19.1 Å². The predicted molar refractivity (Wildman–Crippen MR) is 78.6 cm³/mol. The van der Waals surface area contributed by atoms with Gasteiger partial charge in [0, 0.05) is 25.9 Å². The zero-order chi connectivity index (χ0) is 16.3. The van der Waals surface area contributed by atoms with Gasteiger partial charge in [0.15, 0.2) is 0 Å². The van der Waals surface area contributed by atoms with Crippen LogP contribution >= 0.6 is 0 Å².